The Labute approximate surface area is 214 Å². The Kier molecular flexibility index (Phi) is 4.29. The molecule has 0 fully saturated rings. The fraction of sp³-hybridized carbons (Fsp3) is 0. The molecule has 0 saturated carbocycles. The summed E-state index contributed by atoms with van der Waals surface area (Å²) in [5, 5.41) is 10.1. The maximum Gasteiger partial charge on any atom is 0.135 e. The third-order valence-electron chi connectivity index (χ3n) is 7.67. The number of benzene rings is 7. The highest BCUT2D eigenvalue weighted by Gasteiger charge is 2.13. The van der Waals surface area contributed by atoms with Gasteiger partial charge in [0, 0.05) is 10.8 Å². The average Bonchev–Trinajstić information content (AvgIpc) is 3.35. The molecule has 0 atom stereocenters. The molecular formula is C36H22O. The smallest absolute Gasteiger partial charge is 0.135 e. The van der Waals surface area contributed by atoms with E-state index in [1.807, 2.05) is 12.1 Å². The zero-order chi connectivity index (χ0) is 24.3. The number of hydrogen-bond acceptors (Lipinski definition) is 1. The van der Waals surface area contributed by atoms with E-state index in [2.05, 4.69) is 121 Å². The van der Waals surface area contributed by atoms with Crippen LogP contribution in [0.25, 0.3) is 76.5 Å². The van der Waals surface area contributed by atoms with E-state index in [1.165, 1.54) is 54.6 Å². The van der Waals surface area contributed by atoms with Gasteiger partial charge >= 0.3 is 0 Å². The van der Waals surface area contributed by atoms with E-state index in [0.29, 0.717) is 0 Å². The SMILES string of the molecule is c1ccc(-c2ccc3c4ccccc4c4ccccc4c3c2)c(-c2ccc3oc4ccccc4c3c2)c1. The van der Waals surface area contributed by atoms with Gasteiger partial charge in [0.2, 0.25) is 0 Å². The molecule has 0 aliphatic heterocycles. The number of hydrogen-bond donors (Lipinski definition) is 0. The molecular weight excluding hydrogens is 448 g/mol. The Balaban J connectivity index is 1.38. The second-order valence-electron chi connectivity index (χ2n) is 9.71. The highest BCUT2D eigenvalue weighted by molar-refractivity contribution is 6.25. The Morgan fingerprint density at radius 3 is 1.38 bits per heavy atom. The quantitative estimate of drug-likeness (QED) is 0.229. The van der Waals surface area contributed by atoms with Crippen molar-refractivity contribution < 1.29 is 4.42 Å². The molecule has 0 N–H and O–H groups in total. The molecule has 172 valence electrons. The first-order valence-electron chi connectivity index (χ1n) is 12.7. The van der Waals surface area contributed by atoms with Crippen molar-refractivity contribution in [3.05, 3.63) is 133 Å². The van der Waals surface area contributed by atoms with Gasteiger partial charge in [-0.05, 0) is 78.8 Å². The molecule has 8 aromatic rings. The molecule has 37 heavy (non-hydrogen) atoms. The van der Waals surface area contributed by atoms with Gasteiger partial charge in [0.25, 0.3) is 0 Å². The lowest BCUT2D eigenvalue weighted by Crippen LogP contribution is -1.87. The van der Waals surface area contributed by atoms with Crippen LogP contribution in [-0.4, -0.2) is 0 Å². The lowest BCUT2D eigenvalue weighted by molar-refractivity contribution is 0.669. The van der Waals surface area contributed by atoms with Gasteiger partial charge in [-0.15, -0.1) is 0 Å². The Hall–Kier alpha value is -4.88. The van der Waals surface area contributed by atoms with Crippen molar-refractivity contribution in [1.29, 1.82) is 0 Å². The van der Waals surface area contributed by atoms with E-state index in [-0.39, 0.29) is 0 Å². The van der Waals surface area contributed by atoms with Gasteiger partial charge in [-0.3, -0.25) is 0 Å². The lowest BCUT2D eigenvalue weighted by atomic mass is 9.89. The zero-order valence-corrected chi connectivity index (χ0v) is 20.1. The van der Waals surface area contributed by atoms with Gasteiger partial charge < -0.3 is 4.42 Å². The van der Waals surface area contributed by atoms with E-state index in [0.717, 1.165) is 21.9 Å². The van der Waals surface area contributed by atoms with Crippen LogP contribution in [0, 0.1) is 0 Å². The first kappa shape index (κ1) is 20.3. The molecule has 0 spiro atoms. The minimum absolute atomic E-state index is 0.923. The van der Waals surface area contributed by atoms with Crippen LogP contribution >= 0.6 is 0 Å². The van der Waals surface area contributed by atoms with Crippen LogP contribution < -0.4 is 0 Å². The van der Waals surface area contributed by atoms with Crippen molar-refractivity contribution in [2.45, 2.75) is 0 Å². The summed E-state index contributed by atoms with van der Waals surface area (Å²) in [6.07, 6.45) is 0. The molecule has 1 aromatic heterocycles. The number of fused-ring (bicyclic) bond motifs is 9. The first-order chi connectivity index (χ1) is 18.3. The van der Waals surface area contributed by atoms with Crippen LogP contribution in [0.2, 0.25) is 0 Å². The van der Waals surface area contributed by atoms with Crippen molar-refractivity contribution in [1.82, 2.24) is 0 Å². The highest BCUT2D eigenvalue weighted by atomic mass is 16.3. The van der Waals surface area contributed by atoms with E-state index < -0.39 is 0 Å². The summed E-state index contributed by atoms with van der Waals surface area (Å²) in [5.74, 6) is 0. The van der Waals surface area contributed by atoms with Gasteiger partial charge in [-0.2, -0.15) is 0 Å². The van der Waals surface area contributed by atoms with Crippen LogP contribution in [-0.2, 0) is 0 Å². The molecule has 0 saturated heterocycles. The summed E-state index contributed by atoms with van der Waals surface area (Å²) in [6.45, 7) is 0. The summed E-state index contributed by atoms with van der Waals surface area (Å²) < 4.78 is 6.08. The molecule has 0 aliphatic carbocycles. The molecule has 0 unspecified atom stereocenters. The Morgan fingerprint density at radius 1 is 0.297 bits per heavy atom. The van der Waals surface area contributed by atoms with E-state index in [9.17, 15) is 0 Å². The highest BCUT2D eigenvalue weighted by Crippen LogP contribution is 2.40. The molecule has 0 amide bonds. The minimum Gasteiger partial charge on any atom is -0.456 e. The third kappa shape index (κ3) is 3.04. The van der Waals surface area contributed by atoms with Gasteiger partial charge in [-0.25, -0.2) is 0 Å². The van der Waals surface area contributed by atoms with Crippen LogP contribution in [0.1, 0.15) is 0 Å². The van der Waals surface area contributed by atoms with Crippen molar-refractivity contribution in [3.8, 4) is 22.3 Å². The average molecular weight is 471 g/mol. The van der Waals surface area contributed by atoms with E-state index in [1.54, 1.807) is 0 Å². The van der Waals surface area contributed by atoms with Crippen LogP contribution in [0.3, 0.4) is 0 Å². The predicted octanol–water partition coefficient (Wildman–Crippen LogP) is 10.4. The number of furan rings is 1. The summed E-state index contributed by atoms with van der Waals surface area (Å²) in [7, 11) is 0. The van der Waals surface area contributed by atoms with Crippen molar-refractivity contribution >= 4 is 54.3 Å². The minimum atomic E-state index is 0.923. The molecule has 0 bridgehead atoms. The topological polar surface area (TPSA) is 13.1 Å². The first-order valence-corrected chi connectivity index (χ1v) is 12.7. The van der Waals surface area contributed by atoms with E-state index in [4.69, 9.17) is 4.42 Å². The molecule has 0 radical (unpaired) electrons. The molecule has 8 rings (SSSR count). The third-order valence-corrected chi connectivity index (χ3v) is 7.67. The summed E-state index contributed by atoms with van der Waals surface area (Å²) in [4.78, 5) is 0. The van der Waals surface area contributed by atoms with Crippen molar-refractivity contribution in [2.24, 2.45) is 0 Å². The Bertz CT molecular complexity index is 2110. The van der Waals surface area contributed by atoms with Gasteiger partial charge in [0.15, 0.2) is 0 Å². The van der Waals surface area contributed by atoms with Gasteiger partial charge in [-0.1, -0.05) is 109 Å². The molecule has 1 heteroatoms. The summed E-state index contributed by atoms with van der Waals surface area (Å²) in [6, 6.07) is 47.9. The second-order valence-corrected chi connectivity index (χ2v) is 9.71. The molecule has 1 heterocycles. The monoisotopic (exact) mass is 470 g/mol. The van der Waals surface area contributed by atoms with Gasteiger partial charge in [0.1, 0.15) is 11.2 Å². The maximum absolute atomic E-state index is 6.08. The van der Waals surface area contributed by atoms with E-state index >= 15 is 0 Å². The molecule has 0 aliphatic rings. The fourth-order valence-corrected chi connectivity index (χ4v) is 5.96. The van der Waals surface area contributed by atoms with Gasteiger partial charge in [0.05, 0.1) is 0 Å². The predicted molar refractivity (Wildman–Crippen MR) is 157 cm³/mol. The maximum atomic E-state index is 6.08. The normalized spacial score (nSPS) is 11.8. The standard InChI is InChI=1S/C36H22O/c1-2-10-26(24-18-20-36-34(22-24)32-15-7-8-16-35(32)37-36)25(9-1)23-17-19-31-29-13-4-3-11-27(29)28-12-5-6-14-30(28)33(31)21-23/h1-22H. The number of para-hydroxylation sites is 1. The zero-order valence-electron chi connectivity index (χ0n) is 20.1. The summed E-state index contributed by atoms with van der Waals surface area (Å²) >= 11 is 0. The fourth-order valence-electron chi connectivity index (χ4n) is 5.96. The molecule has 1 nitrogen and oxygen atoms in total. The van der Waals surface area contributed by atoms with Crippen LogP contribution in [0.15, 0.2) is 138 Å². The number of rotatable bonds is 2. The second kappa shape index (κ2) is 7.81. The van der Waals surface area contributed by atoms with Crippen molar-refractivity contribution in [3.63, 3.8) is 0 Å². The lowest BCUT2D eigenvalue weighted by Gasteiger charge is -2.14. The molecule has 7 aromatic carbocycles. The van der Waals surface area contributed by atoms with Crippen LogP contribution in [0.4, 0.5) is 0 Å². The van der Waals surface area contributed by atoms with Crippen molar-refractivity contribution in [2.75, 3.05) is 0 Å². The largest absolute Gasteiger partial charge is 0.456 e. The summed E-state index contributed by atoms with van der Waals surface area (Å²) in [5.41, 5.74) is 6.72. The van der Waals surface area contributed by atoms with Crippen LogP contribution in [0.5, 0.6) is 0 Å². The Morgan fingerprint density at radius 2 is 0.730 bits per heavy atom.